The van der Waals surface area contributed by atoms with Gasteiger partial charge in [-0.15, -0.1) is 0 Å². The second-order valence-electron chi connectivity index (χ2n) is 14.5. The molecule has 1 amide bonds. The zero-order valence-corrected chi connectivity index (χ0v) is 29.0. The molecule has 2 aliphatic rings. The van der Waals surface area contributed by atoms with Crippen LogP contribution < -0.4 is 14.8 Å². The van der Waals surface area contributed by atoms with Crippen LogP contribution in [0, 0.1) is 6.92 Å². The van der Waals surface area contributed by atoms with E-state index in [0.29, 0.717) is 25.6 Å². The summed E-state index contributed by atoms with van der Waals surface area (Å²) in [5, 5.41) is 3.68. The Kier molecular flexibility index (Phi) is 12.0. The number of aryl methyl sites for hydroxylation is 1. The van der Waals surface area contributed by atoms with Gasteiger partial charge in [0.05, 0.1) is 25.9 Å². The molecule has 46 heavy (non-hydrogen) atoms. The predicted octanol–water partition coefficient (Wildman–Crippen LogP) is 6.93. The van der Waals surface area contributed by atoms with Crippen LogP contribution in [-0.4, -0.2) is 73.2 Å². The molecule has 4 rings (SSSR count). The van der Waals surface area contributed by atoms with Crippen LogP contribution in [0.1, 0.15) is 96.3 Å². The van der Waals surface area contributed by atoms with E-state index in [4.69, 9.17) is 23.7 Å². The van der Waals surface area contributed by atoms with E-state index in [1.807, 2.05) is 70.7 Å². The third-order valence-electron chi connectivity index (χ3n) is 8.54. The molecule has 2 fully saturated rings. The zero-order chi connectivity index (χ0) is 33.5. The molecule has 0 unspecified atom stereocenters. The van der Waals surface area contributed by atoms with Crippen molar-refractivity contribution >= 4 is 12.1 Å². The molecule has 1 saturated heterocycles. The molecule has 254 valence electrons. The van der Waals surface area contributed by atoms with E-state index in [1.54, 1.807) is 7.11 Å². The number of carbonyl (C=O) groups is 2. The highest BCUT2D eigenvalue weighted by atomic mass is 16.6. The molecule has 0 radical (unpaired) electrons. The van der Waals surface area contributed by atoms with Crippen molar-refractivity contribution in [2.45, 2.75) is 122 Å². The predicted molar refractivity (Wildman–Crippen MR) is 178 cm³/mol. The minimum absolute atomic E-state index is 0.0857. The van der Waals surface area contributed by atoms with Crippen LogP contribution in [0.5, 0.6) is 11.5 Å². The number of rotatable bonds is 11. The Morgan fingerprint density at radius 2 is 1.57 bits per heavy atom. The number of nitrogens with one attached hydrogen (secondary N) is 1. The monoisotopic (exact) mass is 638 g/mol. The van der Waals surface area contributed by atoms with E-state index < -0.39 is 11.2 Å². The number of likely N-dealkylation sites (tertiary alicyclic amines) is 1. The fourth-order valence-corrected chi connectivity index (χ4v) is 6.40. The first-order chi connectivity index (χ1) is 21.7. The third kappa shape index (κ3) is 10.4. The Hall–Kier alpha value is -3.30. The van der Waals surface area contributed by atoms with Crippen molar-refractivity contribution in [1.29, 1.82) is 0 Å². The minimum atomic E-state index is -0.569. The summed E-state index contributed by atoms with van der Waals surface area (Å²) in [4.78, 5) is 27.4. The van der Waals surface area contributed by atoms with Crippen LogP contribution in [0.15, 0.2) is 42.5 Å². The molecular weight excluding hydrogens is 584 g/mol. The smallest absolute Gasteiger partial charge is 0.410 e. The van der Waals surface area contributed by atoms with Crippen molar-refractivity contribution in [3.05, 3.63) is 59.2 Å². The van der Waals surface area contributed by atoms with Crippen LogP contribution >= 0.6 is 0 Å². The van der Waals surface area contributed by atoms with Gasteiger partial charge in [-0.25, -0.2) is 9.59 Å². The van der Waals surface area contributed by atoms with Gasteiger partial charge in [-0.1, -0.05) is 24.3 Å². The summed E-state index contributed by atoms with van der Waals surface area (Å²) in [6.07, 6.45) is 4.37. The first-order valence-electron chi connectivity index (χ1n) is 16.6. The van der Waals surface area contributed by atoms with Gasteiger partial charge in [-0.05, 0) is 116 Å². The molecule has 9 heteroatoms. The van der Waals surface area contributed by atoms with E-state index in [2.05, 4.69) is 30.4 Å². The summed E-state index contributed by atoms with van der Waals surface area (Å²) in [5.41, 5.74) is 2.36. The molecule has 1 heterocycles. The van der Waals surface area contributed by atoms with E-state index in [1.165, 1.54) is 5.56 Å². The summed E-state index contributed by atoms with van der Waals surface area (Å²) >= 11 is 0. The van der Waals surface area contributed by atoms with E-state index in [9.17, 15) is 9.59 Å². The quantitative estimate of drug-likeness (QED) is 0.265. The molecule has 1 aliphatic carbocycles. The Bertz CT molecular complexity index is 1290. The van der Waals surface area contributed by atoms with Crippen LogP contribution in [0.3, 0.4) is 0 Å². The highest BCUT2D eigenvalue weighted by Gasteiger charge is 2.40. The topological polar surface area (TPSA) is 95.6 Å². The second-order valence-corrected chi connectivity index (χ2v) is 14.5. The van der Waals surface area contributed by atoms with Crippen molar-refractivity contribution in [3.8, 4) is 11.5 Å². The van der Waals surface area contributed by atoms with Gasteiger partial charge in [-0.3, -0.25) is 0 Å². The molecule has 1 N–H and O–H groups in total. The van der Waals surface area contributed by atoms with Gasteiger partial charge in [0.1, 0.15) is 22.7 Å². The number of methoxy groups -OCH3 is 1. The summed E-state index contributed by atoms with van der Waals surface area (Å²) in [5.74, 6) is 1.52. The summed E-state index contributed by atoms with van der Waals surface area (Å²) in [6, 6.07) is 14.0. The molecule has 0 aromatic heterocycles. The molecule has 2 atom stereocenters. The Balaban J connectivity index is 1.36. The first-order valence-corrected chi connectivity index (χ1v) is 16.6. The number of carbonyl (C=O) groups excluding carboxylic acids is 2. The summed E-state index contributed by atoms with van der Waals surface area (Å²) < 4.78 is 29.1. The molecule has 2 aromatic carbocycles. The lowest BCUT2D eigenvalue weighted by Gasteiger charge is -2.34. The van der Waals surface area contributed by atoms with Crippen LogP contribution in [0.25, 0.3) is 0 Å². The lowest BCUT2D eigenvalue weighted by atomic mass is 9.80. The number of hydrogen-bond acceptors (Lipinski definition) is 8. The minimum Gasteiger partial charge on any atom is -0.497 e. The maximum atomic E-state index is 13.2. The van der Waals surface area contributed by atoms with E-state index in [-0.39, 0.29) is 36.9 Å². The highest BCUT2D eigenvalue weighted by Crippen LogP contribution is 2.40. The number of nitrogens with zero attached hydrogens (tertiary/aromatic N) is 1. The van der Waals surface area contributed by atoms with Crippen LogP contribution in [0.2, 0.25) is 0 Å². The summed E-state index contributed by atoms with van der Waals surface area (Å²) in [7, 11) is 1.66. The Morgan fingerprint density at radius 1 is 0.891 bits per heavy atom. The van der Waals surface area contributed by atoms with Crippen molar-refractivity contribution < 1.29 is 33.3 Å². The van der Waals surface area contributed by atoms with Crippen LogP contribution in [0.4, 0.5) is 4.79 Å². The van der Waals surface area contributed by atoms with Gasteiger partial charge in [0.25, 0.3) is 0 Å². The molecular formula is C37H54N2O7. The average molecular weight is 639 g/mol. The Labute approximate surface area is 275 Å². The second kappa shape index (κ2) is 15.5. The molecule has 1 aliphatic heterocycles. The fraction of sp³-hybridized carbons (Fsp3) is 0.622. The van der Waals surface area contributed by atoms with Gasteiger partial charge in [0.15, 0.2) is 6.61 Å². The molecule has 0 bridgehead atoms. The maximum absolute atomic E-state index is 13.2. The Morgan fingerprint density at radius 3 is 2.20 bits per heavy atom. The largest absolute Gasteiger partial charge is 0.497 e. The molecule has 0 spiro atoms. The van der Waals surface area contributed by atoms with E-state index in [0.717, 1.165) is 54.7 Å². The maximum Gasteiger partial charge on any atom is 0.410 e. The van der Waals surface area contributed by atoms with Crippen molar-refractivity contribution in [3.63, 3.8) is 0 Å². The third-order valence-corrected chi connectivity index (χ3v) is 8.54. The van der Waals surface area contributed by atoms with Gasteiger partial charge in [0.2, 0.25) is 0 Å². The molecule has 9 nitrogen and oxygen atoms in total. The fourth-order valence-electron chi connectivity index (χ4n) is 6.40. The standard InChI is InChI=1S/C37H54N2O7/c1-25-10-9-11-32(44-24-33(40)45-36(2,3)4)34(25)27-14-18-29(19-15-27)43-23-31-30(20-21-39(31)35(41)46-37(5,6)7)38-22-26-12-16-28(42-8)17-13-26/h9-13,16-17,27,29-31,38H,14-15,18-24H2,1-8H3/t27?,29?,30-,31-/m0/s1. The lowest BCUT2D eigenvalue weighted by Crippen LogP contribution is -2.49. The van der Waals surface area contributed by atoms with Gasteiger partial charge in [0, 0.05) is 24.7 Å². The zero-order valence-electron chi connectivity index (χ0n) is 29.0. The first kappa shape index (κ1) is 35.6. The van der Waals surface area contributed by atoms with Crippen molar-refractivity contribution in [2.24, 2.45) is 0 Å². The number of benzene rings is 2. The van der Waals surface area contributed by atoms with Crippen molar-refractivity contribution in [2.75, 3.05) is 26.9 Å². The lowest BCUT2D eigenvalue weighted by molar-refractivity contribution is -0.157. The molecule has 2 aromatic rings. The number of ether oxygens (including phenoxy) is 5. The number of amides is 1. The molecule has 1 saturated carbocycles. The van der Waals surface area contributed by atoms with Gasteiger partial charge >= 0.3 is 12.1 Å². The average Bonchev–Trinajstić information content (AvgIpc) is 3.40. The normalized spacial score (nSPS) is 22.0. The van der Waals surface area contributed by atoms with Gasteiger partial charge in [-0.2, -0.15) is 0 Å². The summed E-state index contributed by atoms with van der Waals surface area (Å²) in [6.45, 7) is 15.0. The number of esters is 1. The number of hydrogen-bond donors (Lipinski definition) is 1. The SMILES string of the molecule is COc1ccc(CN[C@H]2CCN(C(=O)OC(C)(C)C)[C@H]2COC2CCC(c3c(C)cccc3OCC(=O)OC(C)(C)C)CC2)cc1. The highest BCUT2D eigenvalue weighted by molar-refractivity contribution is 5.71. The van der Waals surface area contributed by atoms with E-state index >= 15 is 0 Å². The van der Waals surface area contributed by atoms with Crippen molar-refractivity contribution in [1.82, 2.24) is 10.2 Å². The van der Waals surface area contributed by atoms with Crippen LogP contribution in [-0.2, 0) is 25.5 Å². The van der Waals surface area contributed by atoms with Gasteiger partial charge < -0.3 is 33.9 Å².